The monoisotopic (exact) mass is 482 g/mol. The number of hydrogen-bond donors (Lipinski definition) is 2. The van der Waals surface area contributed by atoms with Gasteiger partial charge in [0, 0.05) is 30.3 Å². The molecule has 4 aromatic heterocycles. The SMILES string of the molecule is CC(=O)N[C@]1(C)CC[C@@H](Nc2ncc3c(-c4ccc5nc(C)n(CC(F)F)c5n4)ccn3n2)CC1. The first kappa shape index (κ1) is 23.1. The first-order valence-electron chi connectivity index (χ1n) is 11.7. The van der Waals surface area contributed by atoms with Gasteiger partial charge in [-0.1, -0.05) is 0 Å². The van der Waals surface area contributed by atoms with E-state index in [0.29, 0.717) is 28.6 Å². The van der Waals surface area contributed by atoms with E-state index in [0.717, 1.165) is 36.8 Å². The van der Waals surface area contributed by atoms with Gasteiger partial charge in [0.25, 0.3) is 6.43 Å². The van der Waals surface area contributed by atoms with Gasteiger partial charge in [0.2, 0.25) is 11.9 Å². The minimum atomic E-state index is -2.49. The van der Waals surface area contributed by atoms with Gasteiger partial charge >= 0.3 is 0 Å². The molecule has 0 aliphatic heterocycles. The molecular weight excluding hydrogens is 454 g/mol. The Morgan fingerprint density at radius 3 is 2.71 bits per heavy atom. The summed E-state index contributed by atoms with van der Waals surface area (Å²) in [4.78, 5) is 25.0. The lowest BCUT2D eigenvalue weighted by Crippen LogP contribution is -2.49. The number of nitrogens with one attached hydrogen (secondary N) is 2. The molecule has 35 heavy (non-hydrogen) atoms. The van der Waals surface area contributed by atoms with Gasteiger partial charge < -0.3 is 15.2 Å². The standard InChI is InChI=1S/C24H28F2N8O/c1-14-28-19-5-4-18(30-22(19)33(14)13-21(25)26)17-8-11-34-20(17)12-27-23(32-34)29-16-6-9-24(3,10-7-16)31-15(2)35/h4-5,8,11-12,16,21H,6-7,9-10,13H2,1-3H3,(H,29,32)(H,31,35)/t16-,24-. The highest BCUT2D eigenvalue weighted by molar-refractivity contribution is 5.82. The third-order valence-electron chi connectivity index (χ3n) is 6.70. The summed E-state index contributed by atoms with van der Waals surface area (Å²) in [6.07, 6.45) is 4.67. The zero-order chi connectivity index (χ0) is 24.7. The van der Waals surface area contributed by atoms with E-state index < -0.39 is 13.0 Å². The number of anilines is 1. The molecule has 4 aromatic rings. The van der Waals surface area contributed by atoms with Crippen molar-refractivity contribution in [2.24, 2.45) is 0 Å². The van der Waals surface area contributed by atoms with Gasteiger partial charge in [0.15, 0.2) is 5.65 Å². The zero-order valence-corrected chi connectivity index (χ0v) is 19.9. The van der Waals surface area contributed by atoms with Crippen molar-refractivity contribution in [2.45, 2.75) is 71.0 Å². The van der Waals surface area contributed by atoms with Crippen LogP contribution >= 0.6 is 0 Å². The van der Waals surface area contributed by atoms with Crippen LogP contribution in [0.1, 0.15) is 45.4 Å². The molecule has 0 saturated heterocycles. The number of imidazole rings is 1. The van der Waals surface area contributed by atoms with Gasteiger partial charge in [-0.15, -0.1) is 5.10 Å². The van der Waals surface area contributed by atoms with Crippen molar-refractivity contribution in [1.29, 1.82) is 0 Å². The number of carbonyl (C=O) groups is 1. The molecule has 1 aliphatic carbocycles. The van der Waals surface area contributed by atoms with Crippen LogP contribution in [0.15, 0.2) is 30.6 Å². The van der Waals surface area contributed by atoms with Crippen molar-refractivity contribution in [1.82, 2.24) is 34.4 Å². The maximum absolute atomic E-state index is 13.1. The molecule has 1 aliphatic rings. The summed E-state index contributed by atoms with van der Waals surface area (Å²) in [6, 6.07) is 5.75. The molecule has 5 rings (SSSR count). The summed E-state index contributed by atoms with van der Waals surface area (Å²) in [5.74, 6) is 1.03. The topological polar surface area (TPSA) is 102 Å². The quantitative estimate of drug-likeness (QED) is 0.431. The fraction of sp³-hybridized carbons (Fsp3) is 0.458. The molecule has 0 bridgehead atoms. The van der Waals surface area contributed by atoms with E-state index in [9.17, 15) is 13.6 Å². The third-order valence-corrected chi connectivity index (χ3v) is 6.70. The second-order valence-electron chi connectivity index (χ2n) is 9.50. The number of halogens is 2. The molecule has 184 valence electrons. The number of nitrogens with zero attached hydrogens (tertiary/aromatic N) is 6. The second kappa shape index (κ2) is 8.86. The van der Waals surface area contributed by atoms with E-state index in [1.807, 2.05) is 18.3 Å². The van der Waals surface area contributed by atoms with Gasteiger partial charge in [-0.3, -0.25) is 4.79 Å². The van der Waals surface area contributed by atoms with Crippen molar-refractivity contribution in [3.8, 4) is 11.3 Å². The number of carbonyl (C=O) groups excluding carboxylic acids is 1. The summed E-state index contributed by atoms with van der Waals surface area (Å²) in [7, 11) is 0. The summed E-state index contributed by atoms with van der Waals surface area (Å²) < 4.78 is 29.3. The molecular formula is C24H28F2N8O. The van der Waals surface area contributed by atoms with E-state index >= 15 is 0 Å². The van der Waals surface area contributed by atoms with Crippen LogP contribution < -0.4 is 10.6 Å². The van der Waals surface area contributed by atoms with Gasteiger partial charge in [-0.2, -0.15) is 0 Å². The molecule has 0 spiro atoms. The highest BCUT2D eigenvalue weighted by atomic mass is 19.3. The Morgan fingerprint density at radius 1 is 1.23 bits per heavy atom. The Balaban J connectivity index is 1.36. The lowest BCUT2D eigenvalue weighted by atomic mass is 9.81. The smallest absolute Gasteiger partial charge is 0.256 e. The maximum atomic E-state index is 13.1. The van der Waals surface area contributed by atoms with Crippen LogP contribution in [-0.4, -0.2) is 53.0 Å². The summed E-state index contributed by atoms with van der Waals surface area (Å²) in [5.41, 5.74) is 3.07. The summed E-state index contributed by atoms with van der Waals surface area (Å²) in [6.45, 7) is 4.89. The average Bonchev–Trinajstić information content (AvgIpc) is 3.35. The predicted molar refractivity (Wildman–Crippen MR) is 128 cm³/mol. The van der Waals surface area contributed by atoms with Crippen molar-refractivity contribution in [3.05, 3.63) is 36.4 Å². The number of amides is 1. The molecule has 4 heterocycles. The van der Waals surface area contributed by atoms with E-state index in [4.69, 9.17) is 0 Å². The molecule has 0 radical (unpaired) electrons. The lowest BCUT2D eigenvalue weighted by Gasteiger charge is -2.38. The van der Waals surface area contributed by atoms with Gasteiger partial charge in [0.1, 0.15) is 11.3 Å². The largest absolute Gasteiger partial charge is 0.351 e. The number of pyridine rings is 1. The number of fused-ring (bicyclic) bond motifs is 2. The fourth-order valence-electron chi connectivity index (χ4n) is 4.94. The van der Waals surface area contributed by atoms with Crippen molar-refractivity contribution in [3.63, 3.8) is 0 Å². The summed E-state index contributed by atoms with van der Waals surface area (Å²) >= 11 is 0. The summed E-state index contributed by atoms with van der Waals surface area (Å²) in [5, 5.41) is 11.1. The lowest BCUT2D eigenvalue weighted by molar-refractivity contribution is -0.121. The number of aryl methyl sites for hydroxylation is 1. The Bertz CT molecular complexity index is 1390. The Kier molecular flexibility index (Phi) is 5.86. The highest BCUT2D eigenvalue weighted by Gasteiger charge is 2.32. The van der Waals surface area contributed by atoms with Gasteiger partial charge in [-0.25, -0.2) is 28.2 Å². The van der Waals surface area contributed by atoms with Crippen LogP contribution in [0, 0.1) is 6.92 Å². The molecule has 1 fully saturated rings. The number of rotatable bonds is 6. The van der Waals surface area contributed by atoms with E-state index in [-0.39, 0.29) is 17.5 Å². The van der Waals surface area contributed by atoms with E-state index in [1.54, 1.807) is 30.6 Å². The van der Waals surface area contributed by atoms with Crippen molar-refractivity contribution in [2.75, 3.05) is 5.32 Å². The highest BCUT2D eigenvalue weighted by Crippen LogP contribution is 2.30. The fourth-order valence-corrected chi connectivity index (χ4v) is 4.94. The first-order chi connectivity index (χ1) is 16.7. The molecule has 0 atom stereocenters. The van der Waals surface area contributed by atoms with Gasteiger partial charge in [-0.05, 0) is 57.7 Å². The molecule has 11 heteroatoms. The number of alkyl halides is 2. The molecule has 0 unspecified atom stereocenters. The maximum Gasteiger partial charge on any atom is 0.256 e. The molecule has 2 N–H and O–H groups in total. The van der Waals surface area contributed by atoms with Crippen LogP contribution in [-0.2, 0) is 11.3 Å². The van der Waals surface area contributed by atoms with E-state index in [1.165, 1.54) is 4.57 Å². The van der Waals surface area contributed by atoms with Crippen LogP contribution in [0.3, 0.4) is 0 Å². The minimum absolute atomic E-state index is 0.00152. The Hall–Kier alpha value is -3.63. The second-order valence-corrected chi connectivity index (χ2v) is 9.50. The van der Waals surface area contributed by atoms with E-state index in [2.05, 4.69) is 37.6 Å². The minimum Gasteiger partial charge on any atom is -0.351 e. The zero-order valence-electron chi connectivity index (χ0n) is 19.9. The number of aromatic nitrogens is 6. The third kappa shape index (κ3) is 4.67. The van der Waals surface area contributed by atoms with Crippen LogP contribution in [0.25, 0.3) is 27.9 Å². The number of hydrogen-bond acceptors (Lipinski definition) is 6. The van der Waals surface area contributed by atoms with Crippen LogP contribution in [0.4, 0.5) is 14.7 Å². The van der Waals surface area contributed by atoms with Crippen LogP contribution in [0.2, 0.25) is 0 Å². The first-order valence-corrected chi connectivity index (χ1v) is 11.7. The predicted octanol–water partition coefficient (Wildman–Crippen LogP) is 3.96. The van der Waals surface area contributed by atoms with Gasteiger partial charge in [0.05, 0.1) is 24.0 Å². The van der Waals surface area contributed by atoms with Crippen molar-refractivity contribution >= 4 is 28.5 Å². The Labute approximate surface area is 201 Å². The van der Waals surface area contributed by atoms with Crippen molar-refractivity contribution < 1.29 is 13.6 Å². The molecule has 0 aromatic carbocycles. The molecule has 9 nitrogen and oxygen atoms in total. The average molecular weight is 483 g/mol. The normalized spacial score (nSPS) is 20.6. The Morgan fingerprint density at radius 2 is 2.00 bits per heavy atom. The molecule has 1 amide bonds. The van der Waals surface area contributed by atoms with Crippen LogP contribution in [0.5, 0.6) is 0 Å². The molecule has 1 saturated carbocycles.